The van der Waals surface area contributed by atoms with E-state index in [1.807, 2.05) is 18.7 Å². The largest absolute Gasteiger partial charge is 0.304 e. The Hall–Kier alpha value is -0.130. The third kappa shape index (κ3) is 3.18. The van der Waals surface area contributed by atoms with Crippen LogP contribution in [0.1, 0.15) is 13.3 Å². The Kier molecular flexibility index (Phi) is 3.82. The Balaban J connectivity index is 2.07. The van der Waals surface area contributed by atoms with Crippen molar-refractivity contribution in [2.45, 2.75) is 19.4 Å². The molecule has 1 aliphatic rings. The molecule has 0 aromatic heterocycles. The van der Waals surface area contributed by atoms with Gasteiger partial charge in [0, 0.05) is 0 Å². The Morgan fingerprint density at radius 1 is 1.82 bits per heavy atom. The third-order valence-electron chi connectivity index (χ3n) is 1.99. The summed E-state index contributed by atoms with van der Waals surface area (Å²) in [5.41, 5.74) is 0. The second-order valence-electron chi connectivity index (χ2n) is 3.03. The molecule has 2 atom stereocenters. The summed E-state index contributed by atoms with van der Waals surface area (Å²) in [5.74, 6) is 6.17. The predicted molar refractivity (Wildman–Crippen MR) is 51.7 cm³/mol. The summed E-state index contributed by atoms with van der Waals surface area (Å²) in [5, 5.41) is 3.32. The van der Waals surface area contributed by atoms with Gasteiger partial charge in [0.15, 0.2) is 0 Å². The van der Waals surface area contributed by atoms with E-state index in [0.29, 0.717) is 0 Å². The average molecular weight is 169 g/mol. The molecule has 1 aliphatic heterocycles. The number of rotatable bonds is 3. The summed E-state index contributed by atoms with van der Waals surface area (Å²) in [6.45, 7) is 3.13. The van der Waals surface area contributed by atoms with E-state index in [-0.39, 0.29) is 6.04 Å². The van der Waals surface area contributed by atoms with E-state index in [9.17, 15) is 0 Å². The molecule has 62 valence electrons. The second-order valence-corrected chi connectivity index (χ2v) is 4.18. The van der Waals surface area contributed by atoms with Crippen molar-refractivity contribution in [3.05, 3.63) is 0 Å². The van der Waals surface area contributed by atoms with Crippen molar-refractivity contribution in [2.24, 2.45) is 5.92 Å². The Bertz CT molecular complexity index is 144. The highest BCUT2D eigenvalue weighted by atomic mass is 32.2. The molecule has 1 rings (SSSR count). The highest BCUT2D eigenvalue weighted by Crippen LogP contribution is 2.22. The molecule has 0 saturated carbocycles. The first-order valence-electron chi connectivity index (χ1n) is 4.10. The van der Waals surface area contributed by atoms with E-state index in [1.54, 1.807) is 0 Å². The van der Waals surface area contributed by atoms with Crippen molar-refractivity contribution in [1.29, 1.82) is 0 Å². The molecule has 1 nitrogen and oxygen atoms in total. The van der Waals surface area contributed by atoms with Crippen LogP contribution in [0.25, 0.3) is 0 Å². The molecule has 1 fully saturated rings. The minimum atomic E-state index is 0.237. The van der Waals surface area contributed by atoms with Gasteiger partial charge in [-0.25, -0.2) is 0 Å². The lowest BCUT2D eigenvalue weighted by atomic mass is 10.1. The van der Waals surface area contributed by atoms with Crippen LogP contribution < -0.4 is 5.32 Å². The van der Waals surface area contributed by atoms with Crippen molar-refractivity contribution >= 4 is 11.8 Å². The van der Waals surface area contributed by atoms with Gasteiger partial charge in [-0.2, -0.15) is 11.8 Å². The molecule has 0 bridgehead atoms. The third-order valence-corrected chi connectivity index (χ3v) is 3.22. The van der Waals surface area contributed by atoms with Gasteiger partial charge in [-0.15, -0.1) is 6.42 Å². The zero-order valence-electron chi connectivity index (χ0n) is 6.97. The fraction of sp³-hybridized carbons (Fsp3) is 0.778. The average Bonchev–Trinajstić information content (AvgIpc) is 2.52. The summed E-state index contributed by atoms with van der Waals surface area (Å²) in [6.07, 6.45) is 6.60. The molecule has 0 spiro atoms. The maximum Gasteiger partial charge on any atom is 0.0658 e. The van der Waals surface area contributed by atoms with Gasteiger partial charge >= 0.3 is 0 Å². The van der Waals surface area contributed by atoms with E-state index >= 15 is 0 Å². The first-order chi connectivity index (χ1) is 5.33. The summed E-state index contributed by atoms with van der Waals surface area (Å²) in [6, 6.07) is 0.237. The highest BCUT2D eigenvalue weighted by molar-refractivity contribution is 7.99. The van der Waals surface area contributed by atoms with Gasteiger partial charge in [-0.3, -0.25) is 0 Å². The van der Waals surface area contributed by atoms with Crippen LogP contribution in [0.2, 0.25) is 0 Å². The first-order valence-corrected chi connectivity index (χ1v) is 5.25. The van der Waals surface area contributed by atoms with Gasteiger partial charge in [0.2, 0.25) is 0 Å². The standard InChI is InChI=1S/C9H15NS/c1-3-8(2)10-6-9-4-5-11-7-9/h1,8-10H,4-7H2,2H3. The molecule has 0 aliphatic carbocycles. The molecule has 0 aromatic rings. The van der Waals surface area contributed by atoms with Gasteiger partial charge in [-0.1, -0.05) is 5.92 Å². The molecular formula is C9H15NS. The fourth-order valence-corrected chi connectivity index (χ4v) is 2.43. The molecule has 1 N–H and O–H groups in total. The summed E-state index contributed by atoms with van der Waals surface area (Å²) in [4.78, 5) is 0. The Morgan fingerprint density at radius 2 is 2.64 bits per heavy atom. The van der Waals surface area contributed by atoms with Crippen LogP contribution in [0.3, 0.4) is 0 Å². The number of hydrogen-bond donors (Lipinski definition) is 1. The lowest BCUT2D eigenvalue weighted by Crippen LogP contribution is -2.29. The smallest absolute Gasteiger partial charge is 0.0658 e. The van der Waals surface area contributed by atoms with Crippen LogP contribution in [0.4, 0.5) is 0 Å². The quantitative estimate of drug-likeness (QED) is 0.640. The van der Waals surface area contributed by atoms with Crippen LogP contribution in [-0.2, 0) is 0 Å². The van der Waals surface area contributed by atoms with Crippen molar-refractivity contribution in [3.8, 4) is 12.3 Å². The Labute approximate surface area is 73.3 Å². The van der Waals surface area contributed by atoms with Crippen molar-refractivity contribution < 1.29 is 0 Å². The molecule has 1 saturated heterocycles. The SMILES string of the molecule is C#CC(C)NCC1CCSC1. The molecule has 0 radical (unpaired) electrons. The maximum atomic E-state index is 5.24. The monoisotopic (exact) mass is 169 g/mol. The molecule has 2 unspecified atom stereocenters. The second kappa shape index (κ2) is 4.69. The Morgan fingerprint density at radius 3 is 3.18 bits per heavy atom. The van der Waals surface area contributed by atoms with E-state index in [4.69, 9.17) is 6.42 Å². The van der Waals surface area contributed by atoms with Crippen LogP contribution in [0.15, 0.2) is 0 Å². The van der Waals surface area contributed by atoms with Gasteiger partial charge in [0.1, 0.15) is 0 Å². The van der Waals surface area contributed by atoms with Crippen molar-refractivity contribution in [3.63, 3.8) is 0 Å². The molecule has 0 amide bonds. The summed E-state index contributed by atoms with van der Waals surface area (Å²) >= 11 is 2.05. The highest BCUT2D eigenvalue weighted by Gasteiger charge is 2.14. The fourth-order valence-electron chi connectivity index (χ4n) is 1.15. The van der Waals surface area contributed by atoms with Crippen LogP contribution in [0, 0.1) is 18.3 Å². The number of hydrogen-bond acceptors (Lipinski definition) is 2. The zero-order chi connectivity index (χ0) is 8.10. The summed E-state index contributed by atoms with van der Waals surface area (Å²) in [7, 11) is 0. The van der Waals surface area contributed by atoms with Crippen molar-refractivity contribution in [1.82, 2.24) is 5.32 Å². The number of thioether (sulfide) groups is 1. The van der Waals surface area contributed by atoms with E-state index in [2.05, 4.69) is 11.2 Å². The zero-order valence-corrected chi connectivity index (χ0v) is 7.79. The van der Waals surface area contributed by atoms with Crippen LogP contribution in [0.5, 0.6) is 0 Å². The molecular weight excluding hydrogens is 154 g/mol. The first kappa shape index (κ1) is 8.96. The molecule has 1 heterocycles. The topological polar surface area (TPSA) is 12.0 Å². The lowest BCUT2D eigenvalue weighted by molar-refractivity contribution is 0.509. The number of terminal acetylenes is 1. The number of nitrogens with one attached hydrogen (secondary N) is 1. The predicted octanol–water partition coefficient (Wildman–Crippen LogP) is 1.35. The molecule has 11 heavy (non-hydrogen) atoms. The van der Waals surface area contributed by atoms with Gasteiger partial charge in [0.05, 0.1) is 6.04 Å². The van der Waals surface area contributed by atoms with Gasteiger partial charge < -0.3 is 5.32 Å². The molecule has 0 aromatic carbocycles. The van der Waals surface area contributed by atoms with E-state index < -0.39 is 0 Å². The summed E-state index contributed by atoms with van der Waals surface area (Å²) < 4.78 is 0. The van der Waals surface area contributed by atoms with Gasteiger partial charge in [-0.05, 0) is 37.3 Å². The maximum absolute atomic E-state index is 5.24. The van der Waals surface area contributed by atoms with Gasteiger partial charge in [0.25, 0.3) is 0 Å². The minimum Gasteiger partial charge on any atom is -0.304 e. The van der Waals surface area contributed by atoms with Crippen LogP contribution >= 0.6 is 11.8 Å². The molecule has 2 heteroatoms. The van der Waals surface area contributed by atoms with Crippen molar-refractivity contribution in [2.75, 3.05) is 18.1 Å². The van der Waals surface area contributed by atoms with Crippen LogP contribution in [-0.4, -0.2) is 24.1 Å². The normalized spacial score (nSPS) is 26.4. The van der Waals surface area contributed by atoms with E-state index in [0.717, 1.165) is 12.5 Å². The lowest BCUT2D eigenvalue weighted by Gasteiger charge is -2.11. The van der Waals surface area contributed by atoms with E-state index in [1.165, 1.54) is 17.9 Å². The minimum absolute atomic E-state index is 0.237.